The third-order valence-electron chi connectivity index (χ3n) is 5.44. The molecule has 0 atom stereocenters. The van der Waals surface area contributed by atoms with Crippen molar-refractivity contribution in [1.82, 2.24) is 10.2 Å². The summed E-state index contributed by atoms with van der Waals surface area (Å²) in [4.78, 5) is 14.9. The van der Waals surface area contributed by atoms with Crippen LogP contribution in [-0.2, 0) is 16.6 Å². The minimum Gasteiger partial charge on any atom is -0.352 e. The molecule has 2 aromatic carbocycles. The Labute approximate surface area is 190 Å². The van der Waals surface area contributed by atoms with Gasteiger partial charge in [-0.1, -0.05) is 30.2 Å². The summed E-state index contributed by atoms with van der Waals surface area (Å²) < 4.78 is 26.0. The molecule has 3 rings (SSSR count). The van der Waals surface area contributed by atoms with E-state index in [0.29, 0.717) is 22.8 Å². The van der Waals surface area contributed by atoms with Crippen LogP contribution < -0.4 is 9.62 Å². The largest absolute Gasteiger partial charge is 0.352 e. The summed E-state index contributed by atoms with van der Waals surface area (Å²) >= 11 is 5.91. The van der Waals surface area contributed by atoms with Crippen LogP contribution in [0.15, 0.2) is 48.5 Å². The SMILES string of the molecule is CS(=O)(=O)N(Cc1ccc(Cl)cc1)c1ccc(C(=O)NCCCN2CCCCC2)cc1. The number of nitrogens with zero attached hydrogens (tertiary/aromatic N) is 2. The van der Waals surface area contributed by atoms with Gasteiger partial charge >= 0.3 is 0 Å². The van der Waals surface area contributed by atoms with E-state index < -0.39 is 10.0 Å². The Kier molecular flexibility index (Phi) is 8.35. The van der Waals surface area contributed by atoms with Gasteiger partial charge in [-0.15, -0.1) is 0 Å². The first-order valence-electron chi connectivity index (χ1n) is 10.7. The quantitative estimate of drug-likeness (QED) is 0.572. The second-order valence-electron chi connectivity index (χ2n) is 7.95. The summed E-state index contributed by atoms with van der Waals surface area (Å²) in [5, 5.41) is 3.55. The van der Waals surface area contributed by atoms with Crippen molar-refractivity contribution in [2.45, 2.75) is 32.2 Å². The molecule has 0 unspecified atom stereocenters. The van der Waals surface area contributed by atoms with E-state index in [1.165, 1.54) is 29.8 Å². The van der Waals surface area contributed by atoms with Crippen molar-refractivity contribution < 1.29 is 13.2 Å². The van der Waals surface area contributed by atoms with Gasteiger partial charge in [0.2, 0.25) is 10.0 Å². The van der Waals surface area contributed by atoms with Crippen LogP contribution in [0.4, 0.5) is 5.69 Å². The van der Waals surface area contributed by atoms with Crippen LogP contribution >= 0.6 is 11.6 Å². The van der Waals surface area contributed by atoms with Gasteiger partial charge in [0.1, 0.15) is 0 Å². The number of hydrogen-bond acceptors (Lipinski definition) is 4. The third-order valence-corrected chi connectivity index (χ3v) is 6.84. The third kappa shape index (κ3) is 7.23. The number of carbonyl (C=O) groups excluding carboxylic acids is 1. The van der Waals surface area contributed by atoms with Crippen molar-refractivity contribution in [2.75, 3.05) is 36.7 Å². The molecule has 0 aromatic heterocycles. The molecule has 8 heteroatoms. The maximum atomic E-state index is 12.4. The van der Waals surface area contributed by atoms with Crippen LogP contribution in [0.1, 0.15) is 41.6 Å². The molecule has 2 aromatic rings. The van der Waals surface area contributed by atoms with E-state index >= 15 is 0 Å². The highest BCUT2D eigenvalue weighted by Crippen LogP contribution is 2.22. The molecule has 1 amide bonds. The summed E-state index contributed by atoms with van der Waals surface area (Å²) in [6, 6.07) is 13.7. The molecule has 1 N–H and O–H groups in total. The van der Waals surface area contributed by atoms with Crippen LogP contribution in [0, 0.1) is 0 Å². The van der Waals surface area contributed by atoms with Crippen LogP contribution in [0.5, 0.6) is 0 Å². The van der Waals surface area contributed by atoms with E-state index in [4.69, 9.17) is 11.6 Å². The smallest absolute Gasteiger partial charge is 0.251 e. The number of sulfonamides is 1. The number of rotatable bonds is 9. The fourth-order valence-electron chi connectivity index (χ4n) is 3.72. The van der Waals surface area contributed by atoms with Gasteiger partial charge in [-0.05, 0) is 80.9 Å². The average Bonchev–Trinajstić information content (AvgIpc) is 2.76. The highest BCUT2D eigenvalue weighted by Gasteiger charge is 2.18. The van der Waals surface area contributed by atoms with Gasteiger partial charge in [-0.2, -0.15) is 0 Å². The zero-order valence-electron chi connectivity index (χ0n) is 17.9. The summed E-state index contributed by atoms with van der Waals surface area (Å²) in [7, 11) is -3.49. The zero-order valence-corrected chi connectivity index (χ0v) is 19.5. The minimum atomic E-state index is -3.49. The van der Waals surface area contributed by atoms with Gasteiger partial charge < -0.3 is 10.2 Å². The number of hydrogen-bond donors (Lipinski definition) is 1. The molecule has 0 aliphatic carbocycles. The predicted molar refractivity (Wildman–Crippen MR) is 126 cm³/mol. The van der Waals surface area contributed by atoms with Gasteiger partial charge in [-0.25, -0.2) is 8.42 Å². The second-order valence-corrected chi connectivity index (χ2v) is 10.3. The Balaban J connectivity index is 1.57. The minimum absolute atomic E-state index is 0.145. The first-order chi connectivity index (χ1) is 14.8. The lowest BCUT2D eigenvalue weighted by molar-refractivity contribution is 0.0951. The molecule has 1 aliphatic heterocycles. The molecule has 168 valence electrons. The molecular formula is C23H30ClN3O3S. The van der Waals surface area contributed by atoms with Crippen LogP contribution in [0.25, 0.3) is 0 Å². The molecule has 1 fully saturated rings. The Morgan fingerprint density at radius 2 is 1.68 bits per heavy atom. The molecule has 0 saturated carbocycles. The first kappa shape index (κ1) is 23.6. The highest BCUT2D eigenvalue weighted by molar-refractivity contribution is 7.92. The molecular weight excluding hydrogens is 434 g/mol. The van der Waals surface area contributed by atoms with Gasteiger partial charge in [0, 0.05) is 17.1 Å². The summed E-state index contributed by atoms with van der Waals surface area (Å²) in [5.41, 5.74) is 1.85. The first-order valence-corrected chi connectivity index (χ1v) is 12.9. The number of carbonyl (C=O) groups is 1. The van der Waals surface area contributed by atoms with E-state index in [1.54, 1.807) is 48.5 Å². The molecule has 1 aliphatic rings. The van der Waals surface area contributed by atoms with Gasteiger partial charge in [0.15, 0.2) is 0 Å². The summed E-state index contributed by atoms with van der Waals surface area (Å²) in [6.07, 6.45) is 5.95. The Morgan fingerprint density at radius 1 is 1.03 bits per heavy atom. The standard InChI is InChI=1S/C23H30ClN3O3S/c1-31(29,30)27(18-19-6-10-21(24)11-7-19)22-12-8-20(9-13-22)23(28)25-14-5-17-26-15-3-2-4-16-26/h6-13H,2-5,14-18H2,1H3,(H,25,28). The molecule has 1 saturated heterocycles. The maximum Gasteiger partial charge on any atom is 0.251 e. The molecule has 1 heterocycles. The van der Waals surface area contributed by atoms with Crippen LogP contribution in [0.2, 0.25) is 5.02 Å². The molecule has 6 nitrogen and oxygen atoms in total. The van der Waals surface area contributed by atoms with E-state index in [2.05, 4.69) is 10.2 Å². The van der Waals surface area contributed by atoms with Crippen molar-refractivity contribution in [3.8, 4) is 0 Å². The van der Waals surface area contributed by atoms with Crippen molar-refractivity contribution in [3.63, 3.8) is 0 Å². The van der Waals surface area contributed by atoms with Crippen LogP contribution in [-0.4, -0.2) is 51.7 Å². The number of likely N-dealkylation sites (tertiary alicyclic amines) is 1. The number of amides is 1. The molecule has 0 bridgehead atoms. The lowest BCUT2D eigenvalue weighted by Gasteiger charge is -2.26. The number of piperidine rings is 1. The fraction of sp³-hybridized carbons (Fsp3) is 0.435. The summed E-state index contributed by atoms with van der Waals surface area (Å²) in [6.45, 7) is 4.14. The van der Waals surface area contributed by atoms with E-state index in [9.17, 15) is 13.2 Å². The normalized spacial score (nSPS) is 14.9. The predicted octanol–water partition coefficient (Wildman–Crippen LogP) is 3.91. The fourth-order valence-corrected chi connectivity index (χ4v) is 4.74. The van der Waals surface area contributed by atoms with E-state index in [0.717, 1.165) is 31.6 Å². The summed E-state index contributed by atoms with van der Waals surface area (Å²) in [5.74, 6) is -0.145. The Hall–Kier alpha value is -2.09. The monoisotopic (exact) mass is 463 g/mol. The van der Waals surface area contributed by atoms with Crippen molar-refractivity contribution in [3.05, 3.63) is 64.7 Å². The number of halogens is 1. The van der Waals surface area contributed by atoms with Gasteiger partial charge in [0.05, 0.1) is 18.5 Å². The van der Waals surface area contributed by atoms with Gasteiger partial charge in [0.25, 0.3) is 5.91 Å². The van der Waals surface area contributed by atoms with Crippen molar-refractivity contribution in [2.24, 2.45) is 0 Å². The topological polar surface area (TPSA) is 69.7 Å². The maximum absolute atomic E-state index is 12.4. The Bertz CT molecular complexity index is 957. The highest BCUT2D eigenvalue weighted by atomic mass is 35.5. The number of benzene rings is 2. The number of nitrogens with one attached hydrogen (secondary N) is 1. The van der Waals surface area contributed by atoms with Gasteiger partial charge in [-0.3, -0.25) is 9.10 Å². The zero-order chi connectivity index (χ0) is 22.3. The Morgan fingerprint density at radius 3 is 2.29 bits per heavy atom. The molecule has 0 spiro atoms. The molecule has 31 heavy (non-hydrogen) atoms. The number of anilines is 1. The van der Waals surface area contributed by atoms with Crippen LogP contribution in [0.3, 0.4) is 0 Å². The van der Waals surface area contributed by atoms with E-state index in [1.807, 2.05) is 0 Å². The lowest BCUT2D eigenvalue weighted by atomic mass is 10.1. The second kappa shape index (κ2) is 11.0. The lowest BCUT2D eigenvalue weighted by Crippen LogP contribution is -2.33. The van der Waals surface area contributed by atoms with E-state index in [-0.39, 0.29) is 12.5 Å². The van der Waals surface area contributed by atoms with Crippen molar-refractivity contribution in [1.29, 1.82) is 0 Å². The van der Waals surface area contributed by atoms with Crippen molar-refractivity contribution >= 4 is 33.2 Å². The average molecular weight is 464 g/mol. The molecule has 0 radical (unpaired) electrons.